The van der Waals surface area contributed by atoms with Crippen LogP contribution in [0.1, 0.15) is 16.8 Å². The summed E-state index contributed by atoms with van der Waals surface area (Å²) in [4.78, 5) is 4.30. The predicted octanol–water partition coefficient (Wildman–Crippen LogP) is 8.97. The second kappa shape index (κ2) is 13.4. The number of aromatic nitrogens is 1. The molecule has 4 aromatic carbocycles. The van der Waals surface area contributed by atoms with Gasteiger partial charge in [0.15, 0.2) is 0 Å². The first-order valence-corrected chi connectivity index (χ1v) is 14.4. The molecule has 0 N–H and O–H groups in total. The number of halogens is 10. The average molecular weight is 832 g/mol. The Morgan fingerprint density at radius 3 is 1.64 bits per heavy atom. The monoisotopic (exact) mass is 831 g/mol. The summed E-state index contributed by atoms with van der Waals surface area (Å²) in [5, 5.41) is 1.94. The number of hydrogen-bond donors (Lipinski definition) is 0. The van der Waals surface area contributed by atoms with Crippen molar-refractivity contribution in [2.75, 3.05) is 0 Å². The first-order chi connectivity index (χ1) is 20.8. The molecule has 1 aromatic heterocycles. The number of benzene rings is 4. The van der Waals surface area contributed by atoms with Gasteiger partial charge in [-0.15, -0.1) is 6.07 Å². The van der Waals surface area contributed by atoms with Gasteiger partial charge in [0.2, 0.25) is 0 Å². The molecular formula is C32H17F10NPPt+. The summed E-state index contributed by atoms with van der Waals surface area (Å²) >= 11 is 0. The molecule has 45 heavy (non-hydrogen) atoms. The van der Waals surface area contributed by atoms with Crippen molar-refractivity contribution in [1.82, 2.24) is 4.98 Å². The van der Waals surface area contributed by atoms with Gasteiger partial charge in [0.05, 0.1) is 41.4 Å². The van der Waals surface area contributed by atoms with Gasteiger partial charge < -0.3 is 0 Å². The molecule has 0 spiro atoms. The van der Waals surface area contributed by atoms with Crippen molar-refractivity contribution < 1.29 is 65.0 Å². The topological polar surface area (TPSA) is 12.9 Å². The van der Waals surface area contributed by atoms with Gasteiger partial charge >= 0.3 is 33.4 Å². The molecule has 0 atom stereocenters. The van der Waals surface area contributed by atoms with Crippen LogP contribution in [0.15, 0.2) is 84.9 Å². The van der Waals surface area contributed by atoms with Crippen molar-refractivity contribution in [3.63, 3.8) is 0 Å². The van der Waals surface area contributed by atoms with Crippen molar-refractivity contribution in [2.24, 2.45) is 0 Å². The first kappa shape index (κ1) is 34.3. The van der Waals surface area contributed by atoms with Gasteiger partial charge in [-0.25, -0.2) is 0 Å². The number of rotatable bonds is 6. The summed E-state index contributed by atoms with van der Waals surface area (Å²) < 4.78 is 141. The van der Waals surface area contributed by atoms with Crippen LogP contribution in [0.5, 0.6) is 0 Å². The van der Waals surface area contributed by atoms with E-state index in [1.807, 2.05) is 66.7 Å². The van der Waals surface area contributed by atoms with E-state index in [4.69, 9.17) is 0 Å². The van der Waals surface area contributed by atoms with Crippen molar-refractivity contribution in [3.05, 3.63) is 137 Å². The maximum absolute atomic E-state index is 15.4. The predicted molar refractivity (Wildman–Crippen MR) is 147 cm³/mol. The summed E-state index contributed by atoms with van der Waals surface area (Å²) in [6.45, 7) is 0. The summed E-state index contributed by atoms with van der Waals surface area (Å²) in [5.41, 5.74) is -9.25. The summed E-state index contributed by atoms with van der Waals surface area (Å²) in [6, 6.07) is 26.3. The first-order valence-electron chi connectivity index (χ1n) is 12.7. The summed E-state index contributed by atoms with van der Waals surface area (Å²) in [7, 11) is -1.58. The Hall–Kier alpha value is -3.55. The number of hydrogen-bond acceptors (Lipinski definition) is 1. The molecule has 13 heteroatoms. The Labute approximate surface area is 266 Å². The molecule has 0 unspecified atom stereocenters. The van der Waals surface area contributed by atoms with Crippen LogP contribution < -0.4 is 10.6 Å². The van der Waals surface area contributed by atoms with Gasteiger partial charge in [-0.3, -0.25) is 22.5 Å². The minimum atomic E-state index is -5.70. The maximum atomic E-state index is 15.4. The van der Waals surface area contributed by atoms with Crippen LogP contribution >= 0.6 is 7.92 Å². The largest absolute Gasteiger partial charge is 2.00 e. The molecule has 0 fully saturated rings. The van der Waals surface area contributed by atoms with Gasteiger partial charge in [0.25, 0.3) is 0 Å². The second-order valence-corrected chi connectivity index (χ2v) is 11.9. The fraction of sp³-hybridized carbons (Fsp3) is 0.0938. The van der Waals surface area contributed by atoms with Crippen LogP contribution in [-0.2, 0) is 39.6 Å². The van der Waals surface area contributed by atoms with E-state index in [1.165, 1.54) is 6.07 Å². The molecule has 0 aliphatic carbocycles. The van der Waals surface area contributed by atoms with Gasteiger partial charge in [-0.1, -0.05) is 54.1 Å². The van der Waals surface area contributed by atoms with E-state index in [0.717, 1.165) is 16.7 Å². The third kappa shape index (κ3) is 7.15. The standard InChI is InChI=1S/C32H16F10NP.Pt/c33-24-15-14-21(28(34)26(24)31(37,38)39)22-16-23(30(36)27(29(22)35)32(40,41)42)25-13-7-8-18(43-25)17-44(19-9-3-1-4-10-19)20-11-5-2-6-12-20;/h1-13,15H,17H2;/q-2;+2/p+1. The molecule has 0 saturated carbocycles. The van der Waals surface area contributed by atoms with Crippen molar-refractivity contribution in [3.8, 4) is 22.4 Å². The van der Waals surface area contributed by atoms with E-state index >= 15 is 8.78 Å². The minimum Gasteiger partial charge on any atom is -0.288 e. The van der Waals surface area contributed by atoms with Gasteiger partial charge in [0, 0.05) is 22.9 Å². The van der Waals surface area contributed by atoms with Crippen LogP contribution in [0.25, 0.3) is 22.4 Å². The fourth-order valence-electron chi connectivity index (χ4n) is 4.67. The number of alkyl halides is 6. The average Bonchev–Trinajstić information content (AvgIpc) is 2.96. The van der Waals surface area contributed by atoms with Crippen LogP contribution in [0.2, 0.25) is 0 Å². The normalized spacial score (nSPS) is 11.9. The third-order valence-electron chi connectivity index (χ3n) is 6.63. The summed E-state index contributed by atoms with van der Waals surface area (Å²) in [6.07, 6.45) is -11.1. The molecule has 0 aliphatic heterocycles. The molecule has 5 aromatic rings. The van der Waals surface area contributed by atoms with Crippen LogP contribution in [0, 0.1) is 35.4 Å². The van der Waals surface area contributed by atoms with Crippen LogP contribution in [-0.4, -0.2) is 4.98 Å². The van der Waals surface area contributed by atoms with E-state index in [2.05, 4.69) is 4.98 Å². The molecular weight excluding hydrogens is 814 g/mol. The molecule has 0 aliphatic rings. The molecule has 0 bridgehead atoms. The third-order valence-corrected chi connectivity index (χ3v) is 9.41. The zero-order valence-electron chi connectivity index (χ0n) is 22.3. The van der Waals surface area contributed by atoms with E-state index in [9.17, 15) is 35.1 Å². The van der Waals surface area contributed by atoms with Gasteiger partial charge in [-0.2, -0.15) is 49.6 Å². The molecule has 0 saturated heterocycles. The molecule has 1 nitrogen and oxygen atoms in total. The fourth-order valence-corrected chi connectivity index (χ4v) is 7.16. The Morgan fingerprint density at radius 2 is 1.11 bits per heavy atom. The Bertz CT molecular complexity index is 1770. The molecule has 0 radical (unpaired) electrons. The Kier molecular flexibility index (Phi) is 10.2. The number of nitrogens with zero attached hydrogens (tertiary/aromatic N) is 1. The summed E-state index contributed by atoms with van der Waals surface area (Å²) in [5.74, 6) is -9.15. The SMILES string of the molecule is Fc1c[c-]c(-c2[c-]c(-c3cccc(C[PH+](c4ccccc4)c4ccccc4)n3)c(F)c(C(F)(F)F)c2F)c(F)c1C(F)(F)F.[Pt+2]. The quantitative estimate of drug-likeness (QED) is 0.0947. The van der Waals surface area contributed by atoms with E-state index in [-0.39, 0.29) is 33.3 Å². The van der Waals surface area contributed by atoms with Crippen LogP contribution in [0.4, 0.5) is 43.9 Å². The molecule has 1 heterocycles. The van der Waals surface area contributed by atoms with Crippen molar-refractivity contribution in [1.29, 1.82) is 0 Å². The molecule has 5 rings (SSSR count). The minimum absolute atomic E-state index is 0. The molecule has 0 amide bonds. The van der Waals surface area contributed by atoms with E-state index in [0.29, 0.717) is 5.69 Å². The second-order valence-electron chi connectivity index (χ2n) is 9.48. The number of pyridine rings is 1. The Morgan fingerprint density at radius 1 is 0.600 bits per heavy atom. The van der Waals surface area contributed by atoms with E-state index in [1.54, 1.807) is 12.1 Å². The zero-order valence-corrected chi connectivity index (χ0v) is 25.6. The Balaban J connectivity index is 0.00000461. The van der Waals surface area contributed by atoms with Gasteiger partial charge in [-0.05, 0) is 30.3 Å². The van der Waals surface area contributed by atoms with Crippen molar-refractivity contribution in [2.45, 2.75) is 18.5 Å². The van der Waals surface area contributed by atoms with E-state index < -0.39 is 77.1 Å². The molecule has 234 valence electrons. The smallest absolute Gasteiger partial charge is 0.288 e. The maximum Gasteiger partial charge on any atom is 2.00 e. The van der Waals surface area contributed by atoms with Gasteiger partial charge in [0.1, 0.15) is 6.16 Å². The van der Waals surface area contributed by atoms with Crippen molar-refractivity contribution >= 4 is 18.5 Å². The zero-order chi connectivity index (χ0) is 31.8. The van der Waals surface area contributed by atoms with Crippen LogP contribution in [0.3, 0.4) is 0 Å².